The Morgan fingerprint density at radius 2 is 1.86 bits per heavy atom. The van der Waals surface area contributed by atoms with Gasteiger partial charge in [-0.25, -0.2) is 5.43 Å². The van der Waals surface area contributed by atoms with Gasteiger partial charge in [-0.2, -0.15) is 5.10 Å². The van der Waals surface area contributed by atoms with E-state index in [1.165, 1.54) is 24.3 Å². The number of benzene rings is 2. The molecule has 1 N–H and O–H groups in total. The second-order valence-electron chi connectivity index (χ2n) is 4.45. The summed E-state index contributed by atoms with van der Waals surface area (Å²) in [5.41, 5.74) is 3.99. The molecule has 0 saturated carbocycles. The molecule has 2 aromatic rings. The van der Waals surface area contributed by atoms with Crippen molar-refractivity contribution in [2.24, 2.45) is 5.10 Å². The lowest BCUT2D eigenvalue weighted by atomic mass is 10.1. The molecule has 2 rings (SSSR count). The van der Waals surface area contributed by atoms with Crippen molar-refractivity contribution in [3.05, 3.63) is 73.3 Å². The molecule has 7 heteroatoms. The maximum Gasteiger partial charge on any atom is 0.271 e. The van der Waals surface area contributed by atoms with Gasteiger partial charge in [0.2, 0.25) is 0 Å². The number of halogens is 1. The van der Waals surface area contributed by atoms with Gasteiger partial charge in [0.05, 0.1) is 10.6 Å². The summed E-state index contributed by atoms with van der Waals surface area (Å²) in [5, 5.41) is 14.7. The van der Waals surface area contributed by atoms with Gasteiger partial charge in [-0.05, 0) is 53.3 Å². The SMILES string of the molecule is CC(=NNC(=O)c1cccc([N+](=O)[O-])c1)c1ccc(I)cc1. The van der Waals surface area contributed by atoms with Crippen LogP contribution in [0.1, 0.15) is 22.8 Å². The highest BCUT2D eigenvalue weighted by molar-refractivity contribution is 14.1. The first kappa shape index (κ1) is 16.1. The smallest absolute Gasteiger partial charge is 0.267 e. The molecular weight excluding hydrogens is 397 g/mol. The third-order valence-electron chi connectivity index (χ3n) is 2.91. The van der Waals surface area contributed by atoms with Gasteiger partial charge >= 0.3 is 0 Å². The van der Waals surface area contributed by atoms with Crippen molar-refractivity contribution in [1.29, 1.82) is 0 Å². The minimum atomic E-state index is -0.545. The molecule has 1 amide bonds. The van der Waals surface area contributed by atoms with Gasteiger partial charge in [0.15, 0.2) is 0 Å². The van der Waals surface area contributed by atoms with E-state index >= 15 is 0 Å². The second-order valence-corrected chi connectivity index (χ2v) is 5.70. The van der Waals surface area contributed by atoms with Gasteiger partial charge in [-0.1, -0.05) is 18.2 Å². The Hall–Kier alpha value is -2.29. The zero-order valence-electron chi connectivity index (χ0n) is 11.6. The van der Waals surface area contributed by atoms with E-state index in [9.17, 15) is 14.9 Å². The lowest BCUT2D eigenvalue weighted by Gasteiger charge is -2.03. The Kier molecular flexibility index (Phi) is 5.21. The molecule has 0 aliphatic rings. The number of nitrogens with zero attached hydrogens (tertiary/aromatic N) is 2. The van der Waals surface area contributed by atoms with E-state index in [1.807, 2.05) is 24.3 Å². The van der Waals surface area contributed by atoms with Crippen LogP contribution in [-0.2, 0) is 0 Å². The van der Waals surface area contributed by atoms with Crippen LogP contribution in [0.15, 0.2) is 53.6 Å². The molecule has 0 bridgehead atoms. The van der Waals surface area contributed by atoms with Crippen molar-refractivity contribution in [3.8, 4) is 0 Å². The lowest BCUT2D eigenvalue weighted by Crippen LogP contribution is -2.19. The predicted molar refractivity (Wildman–Crippen MR) is 91.9 cm³/mol. The number of carbonyl (C=O) groups excluding carboxylic acids is 1. The molecule has 0 aliphatic heterocycles. The van der Waals surface area contributed by atoms with Crippen molar-refractivity contribution in [2.75, 3.05) is 0 Å². The zero-order valence-corrected chi connectivity index (χ0v) is 13.8. The number of nitrogens with one attached hydrogen (secondary N) is 1. The molecule has 0 atom stereocenters. The van der Waals surface area contributed by atoms with Crippen LogP contribution in [0, 0.1) is 13.7 Å². The largest absolute Gasteiger partial charge is 0.271 e. The summed E-state index contributed by atoms with van der Waals surface area (Å²) in [5.74, 6) is -0.492. The van der Waals surface area contributed by atoms with Crippen LogP contribution in [0.5, 0.6) is 0 Å². The molecule has 22 heavy (non-hydrogen) atoms. The predicted octanol–water partition coefficient (Wildman–Crippen LogP) is 3.35. The summed E-state index contributed by atoms with van der Waals surface area (Å²) in [6, 6.07) is 13.2. The number of rotatable bonds is 4. The van der Waals surface area contributed by atoms with Crippen LogP contribution < -0.4 is 5.43 Å². The topological polar surface area (TPSA) is 84.6 Å². The Bertz CT molecular complexity index is 742. The Balaban J connectivity index is 2.11. The molecule has 6 nitrogen and oxygen atoms in total. The number of nitro benzene ring substituents is 1. The number of non-ortho nitro benzene ring substituents is 1. The van der Waals surface area contributed by atoms with Gasteiger partial charge in [0, 0.05) is 21.3 Å². The second kappa shape index (κ2) is 7.12. The van der Waals surface area contributed by atoms with Crippen LogP contribution in [0.25, 0.3) is 0 Å². The number of hydrazone groups is 1. The fourth-order valence-corrected chi connectivity index (χ4v) is 2.08. The summed E-state index contributed by atoms with van der Waals surface area (Å²) in [7, 11) is 0. The number of amides is 1. The average molecular weight is 409 g/mol. The Morgan fingerprint density at radius 1 is 1.18 bits per heavy atom. The van der Waals surface area contributed by atoms with Crippen LogP contribution in [0.4, 0.5) is 5.69 Å². The first-order valence-corrected chi connectivity index (χ1v) is 7.40. The summed E-state index contributed by atoms with van der Waals surface area (Å²) in [6.07, 6.45) is 0. The highest BCUT2D eigenvalue weighted by Crippen LogP contribution is 2.13. The third-order valence-corrected chi connectivity index (χ3v) is 3.63. The van der Waals surface area contributed by atoms with Crippen LogP contribution in [-0.4, -0.2) is 16.5 Å². The van der Waals surface area contributed by atoms with E-state index in [1.54, 1.807) is 6.92 Å². The molecule has 0 spiro atoms. The number of carbonyl (C=O) groups is 1. The molecule has 0 unspecified atom stereocenters. The van der Waals surface area contributed by atoms with Crippen molar-refractivity contribution in [1.82, 2.24) is 5.43 Å². The van der Waals surface area contributed by atoms with Gasteiger partial charge in [-0.3, -0.25) is 14.9 Å². The molecule has 0 saturated heterocycles. The number of hydrogen-bond acceptors (Lipinski definition) is 4. The molecular formula is C15H12IN3O3. The summed E-state index contributed by atoms with van der Waals surface area (Å²) < 4.78 is 1.11. The summed E-state index contributed by atoms with van der Waals surface area (Å²) in [4.78, 5) is 22.1. The van der Waals surface area contributed by atoms with E-state index in [0.717, 1.165) is 9.13 Å². The molecule has 0 heterocycles. The van der Waals surface area contributed by atoms with Crippen molar-refractivity contribution in [2.45, 2.75) is 6.92 Å². The van der Waals surface area contributed by atoms with E-state index in [0.29, 0.717) is 5.71 Å². The van der Waals surface area contributed by atoms with Crippen LogP contribution in [0.2, 0.25) is 0 Å². The highest BCUT2D eigenvalue weighted by atomic mass is 127. The van der Waals surface area contributed by atoms with Crippen molar-refractivity contribution < 1.29 is 9.72 Å². The molecule has 0 aliphatic carbocycles. The number of nitro groups is 1. The molecule has 2 aromatic carbocycles. The summed E-state index contributed by atoms with van der Waals surface area (Å²) >= 11 is 2.20. The summed E-state index contributed by atoms with van der Waals surface area (Å²) in [6.45, 7) is 1.77. The normalized spacial score (nSPS) is 11.1. The van der Waals surface area contributed by atoms with E-state index in [2.05, 4.69) is 33.1 Å². The Morgan fingerprint density at radius 3 is 2.50 bits per heavy atom. The van der Waals surface area contributed by atoms with Crippen molar-refractivity contribution in [3.63, 3.8) is 0 Å². The third kappa shape index (κ3) is 4.10. The van der Waals surface area contributed by atoms with Crippen LogP contribution >= 0.6 is 22.6 Å². The first-order chi connectivity index (χ1) is 10.5. The molecule has 0 fully saturated rings. The van der Waals surface area contributed by atoms with Crippen molar-refractivity contribution >= 4 is 39.9 Å². The standard InChI is InChI=1S/C15H12IN3O3/c1-10(11-5-7-13(16)8-6-11)17-18-15(20)12-3-2-4-14(9-12)19(21)22/h2-9H,1H3,(H,18,20). The van der Waals surface area contributed by atoms with Crippen LogP contribution in [0.3, 0.4) is 0 Å². The molecule has 0 aromatic heterocycles. The number of hydrogen-bond donors (Lipinski definition) is 1. The van der Waals surface area contributed by atoms with E-state index < -0.39 is 10.8 Å². The fraction of sp³-hybridized carbons (Fsp3) is 0.0667. The minimum Gasteiger partial charge on any atom is -0.267 e. The van der Waals surface area contributed by atoms with Gasteiger partial charge in [0.1, 0.15) is 0 Å². The monoisotopic (exact) mass is 409 g/mol. The fourth-order valence-electron chi connectivity index (χ4n) is 1.72. The van der Waals surface area contributed by atoms with E-state index in [-0.39, 0.29) is 11.3 Å². The van der Waals surface area contributed by atoms with Gasteiger partial charge < -0.3 is 0 Å². The quantitative estimate of drug-likeness (QED) is 0.364. The minimum absolute atomic E-state index is 0.133. The van der Waals surface area contributed by atoms with Gasteiger partial charge in [-0.15, -0.1) is 0 Å². The zero-order chi connectivity index (χ0) is 16.1. The maximum absolute atomic E-state index is 12.0. The van der Waals surface area contributed by atoms with E-state index in [4.69, 9.17) is 0 Å². The lowest BCUT2D eigenvalue weighted by molar-refractivity contribution is -0.384. The Labute approximate surface area is 140 Å². The molecule has 0 radical (unpaired) electrons. The first-order valence-electron chi connectivity index (χ1n) is 6.32. The van der Waals surface area contributed by atoms with Gasteiger partial charge in [0.25, 0.3) is 11.6 Å². The average Bonchev–Trinajstić information content (AvgIpc) is 2.53. The molecule has 112 valence electrons. The maximum atomic E-state index is 12.0. The highest BCUT2D eigenvalue weighted by Gasteiger charge is 2.11.